The second-order valence-corrected chi connectivity index (χ2v) is 2.57. The van der Waals surface area contributed by atoms with Crippen molar-refractivity contribution in [2.45, 2.75) is 20.3 Å². The molecule has 0 aromatic heterocycles. The van der Waals surface area contributed by atoms with Crippen LogP contribution in [0, 0.1) is 17.2 Å². The first-order chi connectivity index (χ1) is 5.57. The molecule has 5 heteroatoms. The standard InChI is InChI=1S/C7H12N4O/c1-5(2)7(12)11-10-6(9)3-4-8/h5H,3H2,1-2H3,(H2,9,10)(H,11,12). The van der Waals surface area contributed by atoms with E-state index in [2.05, 4.69) is 10.5 Å². The van der Waals surface area contributed by atoms with Crippen LogP contribution in [0.2, 0.25) is 0 Å². The second kappa shape index (κ2) is 5.13. The molecule has 0 aromatic rings. The van der Waals surface area contributed by atoms with Gasteiger partial charge in [0.1, 0.15) is 5.84 Å². The molecule has 0 atom stereocenters. The van der Waals surface area contributed by atoms with Gasteiger partial charge in [-0.1, -0.05) is 13.8 Å². The Bertz CT molecular complexity index is 226. The summed E-state index contributed by atoms with van der Waals surface area (Å²) in [4.78, 5) is 10.9. The number of nitrogens with one attached hydrogen (secondary N) is 1. The first-order valence-corrected chi connectivity index (χ1v) is 3.56. The minimum Gasteiger partial charge on any atom is -0.385 e. The summed E-state index contributed by atoms with van der Waals surface area (Å²) in [5, 5.41) is 11.7. The Morgan fingerprint density at radius 3 is 2.75 bits per heavy atom. The quantitative estimate of drug-likeness (QED) is 0.351. The van der Waals surface area contributed by atoms with Gasteiger partial charge in [0.05, 0.1) is 12.5 Å². The monoisotopic (exact) mass is 168 g/mol. The Kier molecular flexibility index (Phi) is 4.46. The van der Waals surface area contributed by atoms with Crippen LogP contribution in [-0.2, 0) is 4.79 Å². The van der Waals surface area contributed by atoms with Crippen molar-refractivity contribution in [3.63, 3.8) is 0 Å². The van der Waals surface area contributed by atoms with Crippen LogP contribution in [0.4, 0.5) is 0 Å². The molecular weight excluding hydrogens is 156 g/mol. The SMILES string of the molecule is CC(C)C(=O)N/N=C(/N)CC#N. The lowest BCUT2D eigenvalue weighted by molar-refractivity contribution is -0.123. The number of amidine groups is 1. The lowest BCUT2D eigenvalue weighted by Gasteiger charge is -2.01. The van der Waals surface area contributed by atoms with Gasteiger partial charge in [-0.05, 0) is 0 Å². The van der Waals surface area contributed by atoms with Crippen molar-refractivity contribution in [3.8, 4) is 6.07 Å². The largest absolute Gasteiger partial charge is 0.385 e. The summed E-state index contributed by atoms with van der Waals surface area (Å²) in [6.07, 6.45) is 0.0262. The van der Waals surface area contributed by atoms with Gasteiger partial charge in [-0.25, -0.2) is 5.43 Å². The summed E-state index contributed by atoms with van der Waals surface area (Å²) >= 11 is 0. The maximum Gasteiger partial charge on any atom is 0.242 e. The zero-order valence-corrected chi connectivity index (χ0v) is 7.16. The molecule has 0 aliphatic carbocycles. The third-order valence-electron chi connectivity index (χ3n) is 1.09. The van der Waals surface area contributed by atoms with E-state index < -0.39 is 0 Å². The van der Waals surface area contributed by atoms with Crippen molar-refractivity contribution in [1.29, 1.82) is 5.26 Å². The number of amides is 1. The van der Waals surface area contributed by atoms with Crippen LogP contribution in [0.1, 0.15) is 20.3 Å². The summed E-state index contributed by atoms with van der Waals surface area (Å²) in [5.74, 6) is -0.231. The maximum absolute atomic E-state index is 10.9. The number of hydrogen-bond donors (Lipinski definition) is 2. The van der Waals surface area contributed by atoms with Crippen LogP contribution in [0.5, 0.6) is 0 Å². The third kappa shape index (κ3) is 4.28. The summed E-state index contributed by atoms with van der Waals surface area (Å²) < 4.78 is 0. The molecule has 0 heterocycles. The zero-order valence-electron chi connectivity index (χ0n) is 7.16. The van der Waals surface area contributed by atoms with Crippen LogP contribution in [0.3, 0.4) is 0 Å². The van der Waals surface area contributed by atoms with E-state index in [0.29, 0.717) is 0 Å². The molecule has 3 N–H and O–H groups in total. The summed E-state index contributed by atoms with van der Waals surface area (Å²) in [6.45, 7) is 3.48. The van der Waals surface area contributed by atoms with Crippen molar-refractivity contribution in [2.24, 2.45) is 16.8 Å². The van der Waals surface area contributed by atoms with E-state index in [1.165, 1.54) is 0 Å². The number of carbonyl (C=O) groups is 1. The van der Waals surface area contributed by atoms with E-state index in [0.717, 1.165) is 0 Å². The predicted molar refractivity (Wildman–Crippen MR) is 44.8 cm³/mol. The van der Waals surface area contributed by atoms with E-state index in [1.807, 2.05) is 6.07 Å². The first kappa shape index (κ1) is 10.4. The van der Waals surface area contributed by atoms with E-state index in [1.54, 1.807) is 13.8 Å². The number of nitriles is 1. The molecular formula is C7H12N4O. The average molecular weight is 168 g/mol. The molecule has 5 nitrogen and oxygen atoms in total. The number of nitrogens with two attached hydrogens (primary N) is 1. The molecule has 0 aromatic carbocycles. The lowest BCUT2D eigenvalue weighted by atomic mass is 10.2. The normalized spacial score (nSPS) is 11.0. The molecule has 12 heavy (non-hydrogen) atoms. The molecule has 0 fully saturated rings. The molecule has 66 valence electrons. The highest BCUT2D eigenvalue weighted by molar-refractivity contribution is 5.85. The summed E-state index contributed by atoms with van der Waals surface area (Å²) in [7, 11) is 0. The molecule has 0 aliphatic rings. The topological polar surface area (TPSA) is 91.3 Å². The van der Waals surface area contributed by atoms with Crippen LogP contribution in [0.25, 0.3) is 0 Å². The van der Waals surface area contributed by atoms with Gasteiger partial charge in [0, 0.05) is 5.92 Å². The van der Waals surface area contributed by atoms with Crippen molar-refractivity contribution in [3.05, 3.63) is 0 Å². The Hall–Kier alpha value is -1.57. The molecule has 1 amide bonds. The third-order valence-corrected chi connectivity index (χ3v) is 1.09. The molecule has 0 unspecified atom stereocenters. The van der Waals surface area contributed by atoms with Gasteiger partial charge in [-0.15, -0.1) is 0 Å². The van der Waals surface area contributed by atoms with Crippen LogP contribution >= 0.6 is 0 Å². The number of carbonyl (C=O) groups excluding carboxylic acids is 1. The number of rotatable bonds is 3. The Morgan fingerprint density at radius 1 is 1.75 bits per heavy atom. The molecule has 0 radical (unpaired) electrons. The lowest BCUT2D eigenvalue weighted by Crippen LogP contribution is -2.26. The van der Waals surface area contributed by atoms with Gasteiger partial charge in [0.25, 0.3) is 0 Å². The molecule has 0 saturated heterocycles. The number of nitrogens with zero attached hydrogens (tertiary/aromatic N) is 2. The van der Waals surface area contributed by atoms with Gasteiger partial charge < -0.3 is 5.73 Å². The highest BCUT2D eigenvalue weighted by Crippen LogP contribution is 1.89. The van der Waals surface area contributed by atoms with Gasteiger partial charge in [0.15, 0.2) is 0 Å². The Labute approximate surface area is 71.2 Å². The van der Waals surface area contributed by atoms with Gasteiger partial charge in [-0.2, -0.15) is 10.4 Å². The van der Waals surface area contributed by atoms with Crippen LogP contribution in [0.15, 0.2) is 5.10 Å². The molecule has 0 saturated carbocycles. The fourth-order valence-electron chi connectivity index (χ4n) is 0.377. The summed E-state index contributed by atoms with van der Waals surface area (Å²) in [6, 6.07) is 1.81. The minimum absolute atomic E-state index is 0.0262. The first-order valence-electron chi connectivity index (χ1n) is 3.56. The molecule has 0 spiro atoms. The Balaban J connectivity index is 3.89. The molecule has 0 rings (SSSR count). The summed E-state index contributed by atoms with van der Waals surface area (Å²) in [5.41, 5.74) is 7.49. The van der Waals surface area contributed by atoms with Crippen LogP contribution in [-0.4, -0.2) is 11.7 Å². The van der Waals surface area contributed by atoms with E-state index in [9.17, 15) is 4.79 Å². The van der Waals surface area contributed by atoms with Gasteiger partial charge in [0.2, 0.25) is 5.91 Å². The van der Waals surface area contributed by atoms with Crippen LogP contribution < -0.4 is 11.2 Å². The number of hydrazone groups is 1. The van der Waals surface area contributed by atoms with Gasteiger partial charge >= 0.3 is 0 Å². The van der Waals surface area contributed by atoms with Crippen molar-refractivity contribution >= 4 is 11.7 Å². The second-order valence-electron chi connectivity index (χ2n) is 2.57. The Morgan fingerprint density at radius 2 is 2.33 bits per heavy atom. The van der Waals surface area contributed by atoms with Crippen molar-refractivity contribution < 1.29 is 4.79 Å². The zero-order chi connectivity index (χ0) is 9.56. The highest BCUT2D eigenvalue weighted by atomic mass is 16.2. The van der Waals surface area contributed by atoms with Crippen molar-refractivity contribution in [2.75, 3.05) is 0 Å². The minimum atomic E-state index is -0.212. The smallest absolute Gasteiger partial charge is 0.242 e. The van der Waals surface area contributed by atoms with E-state index in [4.69, 9.17) is 11.0 Å². The molecule has 0 aliphatic heterocycles. The fourth-order valence-corrected chi connectivity index (χ4v) is 0.377. The van der Waals surface area contributed by atoms with Crippen molar-refractivity contribution in [1.82, 2.24) is 5.43 Å². The van der Waals surface area contributed by atoms with E-state index >= 15 is 0 Å². The average Bonchev–Trinajstić information content (AvgIpc) is 2.00. The fraction of sp³-hybridized carbons (Fsp3) is 0.571. The van der Waals surface area contributed by atoms with E-state index in [-0.39, 0.29) is 24.1 Å². The van der Waals surface area contributed by atoms with Gasteiger partial charge in [-0.3, -0.25) is 4.79 Å². The maximum atomic E-state index is 10.9. The highest BCUT2D eigenvalue weighted by Gasteiger charge is 2.04. The number of hydrogen-bond acceptors (Lipinski definition) is 3. The molecule has 0 bridgehead atoms. The predicted octanol–water partition coefficient (Wildman–Crippen LogP) is -0.0555.